The summed E-state index contributed by atoms with van der Waals surface area (Å²) in [5.74, 6) is 0.365. The van der Waals surface area contributed by atoms with E-state index in [1.54, 1.807) is 36.4 Å². The quantitative estimate of drug-likeness (QED) is 0.325. The van der Waals surface area contributed by atoms with Crippen LogP contribution in [0, 0.1) is 6.92 Å². The molecule has 0 aliphatic carbocycles. The van der Waals surface area contributed by atoms with Gasteiger partial charge in [-0.1, -0.05) is 30.3 Å². The second-order valence-corrected chi connectivity index (χ2v) is 7.24. The minimum absolute atomic E-state index is 0.139. The smallest absolute Gasteiger partial charge is 0.336 e. The average Bonchev–Trinajstić information content (AvgIpc) is 3.50. The highest BCUT2D eigenvalue weighted by atomic mass is 16.4. The molecule has 5 aromatic rings. The molecular weight excluding hydrogens is 422 g/mol. The Morgan fingerprint density at radius 3 is 2.70 bits per heavy atom. The summed E-state index contributed by atoms with van der Waals surface area (Å²) in [5, 5.41) is 15.5. The molecule has 3 aromatic heterocycles. The number of carbonyl (C=O) groups excluding carboxylic acids is 1. The van der Waals surface area contributed by atoms with Crippen LogP contribution in [-0.2, 0) is 4.79 Å². The largest absolute Gasteiger partial charge is 0.465 e. The molecule has 9 nitrogen and oxygen atoms in total. The Kier molecular flexibility index (Phi) is 5.12. The van der Waals surface area contributed by atoms with Crippen molar-refractivity contribution in [1.29, 1.82) is 0 Å². The van der Waals surface area contributed by atoms with Crippen LogP contribution in [0.5, 0.6) is 0 Å². The zero-order valence-corrected chi connectivity index (χ0v) is 17.4. The minimum Gasteiger partial charge on any atom is -0.465 e. The van der Waals surface area contributed by atoms with E-state index in [0.717, 1.165) is 16.5 Å². The summed E-state index contributed by atoms with van der Waals surface area (Å²) in [4.78, 5) is 25.1. The molecule has 1 N–H and O–H groups in total. The first-order valence-electron chi connectivity index (χ1n) is 10.0. The second kappa shape index (κ2) is 8.39. The van der Waals surface area contributed by atoms with Gasteiger partial charge in [0.15, 0.2) is 5.82 Å². The molecule has 5 rings (SSSR count). The van der Waals surface area contributed by atoms with Crippen molar-refractivity contribution in [3.63, 3.8) is 0 Å². The summed E-state index contributed by atoms with van der Waals surface area (Å²) in [5.41, 5.74) is 2.03. The third kappa shape index (κ3) is 4.07. The average molecular weight is 439 g/mol. The number of carbonyl (C=O) groups is 1. The van der Waals surface area contributed by atoms with Gasteiger partial charge in [0, 0.05) is 34.8 Å². The fourth-order valence-corrected chi connectivity index (χ4v) is 3.45. The first-order valence-corrected chi connectivity index (χ1v) is 10.0. The number of benzene rings is 2. The number of furan rings is 1. The monoisotopic (exact) mass is 439 g/mol. The van der Waals surface area contributed by atoms with Gasteiger partial charge in [0.25, 0.3) is 5.91 Å². The Morgan fingerprint density at radius 1 is 1.06 bits per heavy atom. The molecule has 0 fully saturated rings. The third-order valence-corrected chi connectivity index (χ3v) is 4.99. The number of nitrogens with zero attached hydrogens (tertiary/aromatic N) is 4. The van der Waals surface area contributed by atoms with Gasteiger partial charge >= 0.3 is 5.63 Å². The standard InChI is InChI=1S/C24H17N5O4/c1-15-12-22(30)33-21-13-17(9-10-19(15)21)25-24(31)20(14-18-8-5-11-32-18)29-23(26-27-28-29)16-6-3-2-4-7-16/h2-14H,1H3,(H,25,31)/b20-14-. The summed E-state index contributed by atoms with van der Waals surface area (Å²) in [6.45, 7) is 1.82. The van der Waals surface area contributed by atoms with Crippen molar-refractivity contribution >= 4 is 34.3 Å². The Balaban J connectivity index is 1.55. The Bertz CT molecular complexity index is 1530. The van der Waals surface area contributed by atoms with Crippen molar-refractivity contribution in [2.24, 2.45) is 0 Å². The third-order valence-electron chi connectivity index (χ3n) is 4.99. The van der Waals surface area contributed by atoms with Crippen molar-refractivity contribution in [2.75, 3.05) is 5.32 Å². The summed E-state index contributed by atoms with van der Waals surface area (Å²) in [7, 11) is 0. The normalized spacial score (nSPS) is 11.6. The first-order chi connectivity index (χ1) is 16.1. The van der Waals surface area contributed by atoms with Crippen LogP contribution >= 0.6 is 0 Å². The molecule has 1 amide bonds. The van der Waals surface area contributed by atoms with E-state index < -0.39 is 11.5 Å². The Hall–Kier alpha value is -4.79. The summed E-state index contributed by atoms with van der Waals surface area (Å²) < 4.78 is 12.0. The van der Waals surface area contributed by atoms with E-state index in [1.165, 1.54) is 17.0 Å². The van der Waals surface area contributed by atoms with Gasteiger partial charge in [-0.15, -0.1) is 5.10 Å². The van der Waals surface area contributed by atoms with E-state index in [-0.39, 0.29) is 5.70 Å². The minimum atomic E-state index is -0.481. The molecule has 0 atom stereocenters. The number of amides is 1. The second-order valence-electron chi connectivity index (χ2n) is 7.24. The van der Waals surface area contributed by atoms with Gasteiger partial charge in [-0.2, -0.15) is 4.68 Å². The van der Waals surface area contributed by atoms with Gasteiger partial charge < -0.3 is 14.2 Å². The number of tetrazole rings is 1. The molecule has 0 bridgehead atoms. The molecular formula is C24H17N5O4. The molecule has 0 aliphatic heterocycles. The summed E-state index contributed by atoms with van der Waals surface area (Å²) in [6, 6.07) is 19.3. The number of hydrogen-bond donors (Lipinski definition) is 1. The fourth-order valence-electron chi connectivity index (χ4n) is 3.45. The van der Waals surface area contributed by atoms with Crippen LogP contribution in [0.1, 0.15) is 11.3 Å². The number of fused-ring (bicyclic) bond motifs is 1. The van der Waals surface area contributed by atoms with Crippen molar-refractivity contribution in [2.45, 2.75) is 6.92 Å². The lowest BCUT2D eigenvalue weighted by Gasteiger charge is -2.11. The molecule has 2 aromatic carbocycles. The molecule has 0 aliphatic rings. The molecule has 33 heavy (non-hydrogen) atoms. The van der Waals surface area contributed by atoms with Crippen LogP contribution in [0.15, 0.2) is 86.6 Å². The lowest BCUT2D eigenvalue weighted by Crippen LogP contribution is -2.19. The topological polar surface area (TPSA) is 116 Å². The number of aromatic nitrogens is 4. The Morgan fingerprint density at radius 2 is 1.91 bits per heavy atom. The van der Waals surface area contributed by atoms with E-state index in [4.69, 9.17) is 8.83 Å². The number of nitrogens with one attached hydrogen (secondary N) is 1. The maximum absolute atomic E-state index is 13.4. The lowest BCUT2D eigenvalue weighted by atomic mass is 10.1. The van der Waals surface area contributed by atoms with Crippen LogP contribution in [0.2, 0.25) is 0 Å². The fraction of sp³-hybridized carbons (Fsp3) is 0.0417. The van der Waals surface area contributed by atoms with E-state index in [2.05, 4.69) is 20.8 Å². The number of aryl methyl sites for hydroxylation is 1. The molecule has 9 heteroatoms. The molecule has 0 spiro atoms. The lowest BCUT2D eigenvalue weighted by molar-refractivity contribution is -0.111. The van der Waals surface area contributed by atoms with Crippen molar-refractivity contribution < 1.29 is 13.6 Å². The molecule has 0 radical (unpaired) electrons. The molecule has 0 saturated carbocycles. The maximum atomic E-state index is 13.4. The van der Waals surface area contributed by atoms with E-state index >= 15 is 0 Å². The van der Waals surface area contributed by atoms with Crippen LogP contribution in [-0.4, -0.2) is 26.1 Å². The van der Waals surface area contributed by atoms with Crippen LogP contribution < -0.4 is 10.9 Å². The first kappa shape index (κ1) is 20.1. The van der Waals surface area contributed by atoms with E-state index in [0.29, 0.717) is 22.9 Å². The summed E-state index contributed by atoms with van der Waals surface area (Å²) in [6.07, 6.45) is 3.05. The van der Waals surface area contributed by atoms with Gasteiger partial charge in [0.05, 0.1) is 6.26 Å². The zero-order valence-electron chi connectivity index (χ0n) is 17.4. The van der Waals surface area contributed by atoms with Crippen molar-refractivity contribution in [3.05, 3.63) is 94.7 Å². The van der Waals surface area contributed by atoms with Gasteiger partial charge in [0.2, 0.25) is 0 Å². The summed E-state index contributed by atoms with van der Waals surface area (Å²) >= 11 is 0. The number of hydrogen-bond acceptors (Lipinski definition) is 7. The predicted molar refractivity (Wildman–Crippen MR) is 122 cm³/mol. The maximum Gasteiger partial charge on any atom is 0.336 e. The van der Waals surface area contributed by atoms with Crippen molar-refractivity contribution in [3.8, 4) is 11.4 Å². The molecule has 162 valence electrons. The van der Waals surface area contributed by atoms with Gasteiger partial charge in [-0.05, 0) is 47.2 Å². The highest BCUT2D eigenvalue weighted by Gasteiger charge is 2.20. The molecule has 0 unspecified atom stereocenters. The van der Waals surface area contributed by atoms with Gasteiger partial charge in [-0.3, -0.25) is 4.79 Å². The highest BCUT2D eigenvalue weighted by Crippen LogP contribution is 2.24. The van der Waals surface area contributed by atoms with Crippen LogP contribution in [0.4, 0.5) is 5.69 Å². The predicted octanol–water partition coefficient (Wildman–Crippen LogP) is 3.98. The van der Waals surface area contributed by atoms with Crippen LogP contribution in [0.3, 0.4) is 0 Å². The molecule has 3 heterocycles. The van der Waals surface area contributed by atoms with Crippen LogP contribution in [0.25, 0.3) is 34.1 Å². The van der Waals surface area contributed by atoms with E-state index in [9.17, 15) is 9.59 Å². The molecule has 0 saturated heterocycles. The zero-order chi connectivity index (χ0) is 22.8. The van der Waals surface area contributed by atoms with Gasteiger partial charge in [-0.25, -0.2) is 4.79 Å². The van der Waals surface area contributed by atoms with Gasteiger partial charge in [0.1, 0.15) is 17.0 Å². The SMILES string of the molecule is Cc1cc(=O)oc2cc(NC(=O)/C(=C/c3ccco3)n3nnnc3-c3ccccc3)ccc12. The van der Waals surface area contributed by atoms with E-state index in [1.807, 2.05) is 37.3 Å². The number of rotatable bonds is 5. The highest BCUT2D eigenvalue weighted by molar-refractivity contribution is 6.24. The van der Waals surface area contributed by atoms with Crippen molar-refractivity contribution in [1.82, 2.24) is 20.2 Å². The number of anilines is 1. The Labute approximate surface area is 187 Å².